The van der Waals surface area contributed by atoms with Gasteiger partial charge in [0.2, 0.25) is 0 Å². The first-order chi connectivity index (χ1) is 10.5. The van der Waals surface area contributed by atoms with E-state index in [1.54, 1.807) is 18.2 Å². The van der Waals surface area contributed by atoms with Crippen LogP contribution >= 0.6 is 0 Å². The predicted octanol–water partition coefficient (Wildman–Crippen LogP) is 2.52. The molecule has 0 atom stereocenters. The lowest BCUT2D eigenvalue weighted by Crippen LogP contribution is -2.13. The molecule has 22 heavy (non-hydrogen) atoms. The van der Waals surface area contributed by atoms with Gasteiger partial charge < -0.3 is 19.9 Å². The first-order valence-electron chi connectivity index (χ1n) is 6.48. The summed E-state index contributed by atoms with van der Waals surface area (Å²) >= 11 is 0. The monoisotopic (exact) mass is 305 g/mol. The van der Waals surface area contributed by atoms with Gasteiger partial charge in [0.25, 0.3) is 5.91 Å². The summed E-state index contributed by atoms with van der Waals surface area (Å²) in [7, 11) is 2.89. The Labute approximate surface area is 127 Å². The van der Waals surface area contributed by atoms with E-state index in [0.29, 0.717) is 11.3 Å². The van der Waals surface area contributed by atoms with Gasteiger partial charge in [0, 0.05) is 6.07 Å². The fourth-order valence-corrected chi connectivity index (χ4v) is 1.91. The number of ether oxygens (including phenoxy) is 3. The molecule has 2 aromatic rings. The van der Waals surface area contributed by atoms with Crippen molar-refractivity contribution in [1.82, 2.24) is 0 Å². The summed E-state index contributed by atoms with van der Waals surface area (Å²) in [5, 5.41) is 0. The van der Waals surface area contributed by atoms with E-state index in [1.165, 1.54) is 32.4 Å². The van der Waals surface area contributed by atoms with Gasteiger partial charge in [-0.05, 0) is 29.8 Å². The maximum Gasteiger partial charge on any atom is 0.252 e. The van der Waals surface area contributed by atoms with E-state index in [-0.39, 0.29) is 23.7 Å². The van der Waals surface area contributed by atoms with Gasteiger partial charge in [-0.2, -0.15) is 0 Å². The van der Waals surface area contributed by atoms with Crippen molar-refractivity contribution in [2.45, 2.75) is 6.61 Å². The lowest BCUT2D eigenvalue weighted by atomic mass is 10.1. The Bertz CT molecular complexity index is 688. The number of nitrogens with two attached hydrogens (primary N) is 1. The van der Waals surface area contributed by atoms with Crippen LogP contribution in [-0.2, 0) is 6.61 Å². The number of hydrogen-bond acceptors (Lipinski definition) is 4. The third kappa shape index (κ3) is 3.46. The Hall–Kier alpha value is -2.76. The zero-order chi connectivity index (χ0) is 16.1. The molecular formula is C16H16FNO4. The molecule has 0 heterocycles. The zero-order valence-electron chi connectivity index (χ0n) is 12.3. The Morgan fingerprint density at radius 3 is 2.45 bits per heavy atom. The van der Waals surface area contributed by atoms with Crippen LogP contribution in [0.5, 0.6) is 17.2 Å². The van der Waals surface area contributed by atoms with Crippen LogP contribution in [0.3, 0.4) is 0 Å². The van der Waals surface area contributed by atoms with Crippen molar-refractivity contribution < 1.29 is 23.4 Å². The van der Waals surface area contributed by atoms with Crippen LogP contribution in [0.1, 0.15) is 15.9 Å². The molecule has 2 N–H and O–H groups in total. The van der Waals surface area contributed by atoms with Gasteiger partial charge in [0.05, 0.1) is 19.8 Å². The number of carbonyl (C=O) groups is 1. The summed E-state index contributed by atoms with van der Waals surface area (Å²) in [4.78, 5) is 11.4. The quantitative estimate of drug-likeness (QED) is 0.890. The van der Waals surface area contributed by atoms with E-state index in [1.807, 2.05) is 0 Å². The van der Waals surface area contributed by atoms with E-state index < -0.39 is 11.7 Å². The minimum atomic E-state index is -0.612. The second kappa shape index (κ2) is 6.80. The molecule has 0 aliphatic heterocycles. The second-order valence-electron chi connectivity index (χ2n) is 4.48. The van der Waals surface area contributed by atoms with Crippen molar-refractivity contribution in [1.29, 1.82) is 0 Å². The van der Waals surface area contributed by atoms with Crippen LogP contribution in [0, 0.1) is 5.82 Å². The first-order valence-corrected chi connectivity index (χ1v) is 6.48. The molecule has 0 saturated carbocycles. The van der Waals surface area contributed by atoms with E-state index in [4.69, 9.17) is 19.9 Å². The minimum Gasteiger partial charge on any atom is -0.497 e. The van der Waals surface area contributed by atoms with Crippen molar-refractivity contribution in [2.75, 3.05) is 14.2 Å². The number of rotatable bonds is 6. The van der Waals surface area contributed by atoms with Crippen molar-refractivity contribution in [3.8, 4) is 17.2 Å². The zero-order valence-corrected chi connectivity index (χ0v) is 12.3. The molecule has 2 rings (SSSR count). The SMILES string of the molecule is COc1ccc(C(N)=O)c(OCc2ccc(OC)c(F)c2)c1. The van der Waals surface area contributed by atoms with Gasteiger partial charge in [-0.25, -0.2) is 4.39 Å². The van der Waals surface area contributed by atoms with Crippen LogP contribution < -0.4 is 19.9 Å². The maximum absolute atomic E-state index is 13.6. The Morgan fingerprint density at radius 2 is 1.86 bits per heavy atom. The highest BCUT2D eigenvalue weighted by Gasteiger charge is 2.12. The number of methoxy groups -OCH3 is 2. The van der Waals surface area contributed by atoms with E-state index in [9.17, 15) is 9.18 Å². The summed E-state index contributed by atoms with van der Waals surface area (Å²) in [5.74, 6) is -0.130. The summed E-state index contributed by atoms with van der Waals surface area (Å²) in [5.41, 5.74) is 6.13. The maximum atomic E-state index is 13.6. The number of benzene rings is 2. The predicted molar refractivity (Wildman–Crippen MR) is 78.8 cm³/mol. The molecule has 0 radical (unpaired) electrons. The lowest BCUT2D eigenvalue weighted by Gasteiger charge is -2.12. The number of carbonyl (C=O) groups excluding carboxylic acids is 1. The highest BCUT2D eigenvalue weighted by molar-refractivity contribution is 5.95. The summed E-state index contributed by atoms with van der Waals surface area (Å²) in [6.07, 6.45) is 0. The third-order valence-corrected chi connectivity index (χ3v) is 3.06. The van der Waals surface area contributed by atoms with Crippen LogP contribution in [0.25, 0.3) is 0 Å². The average Bonchev–Trinajstić information content (AvgIpc) is 2.52. The Morgan fingerprint density at radius 1 is 1.09 bits per heavy atom. The molecule has 0 unspecified atom stereocenters. The molecule has 0 aliphatic rings. The van der Waals surface area contributed by atoms with Crippen molar-refractivity contribution in [3.05, 3.63) is 53.3 Å². The Kier molecular flexibility index (Phi) is 4.83. The van der Waals surface area contributed by atoms with Crippen molar-refractivity contribution >= 4 is 5.91 Å². The number of halogens is 1. The minimum absolute atomic E-state index is 0.0777. The molecule has 116 valence electrons. The molecule has 0 fully saturated rings. The van der Waals surface area contributed by atoms with E-state index in [2.05, 4.69) is 0 Å². The number of amides is 1. The summed E-state index contributed by atoms with van der Waals surface area (Å²) in [6, 6.07) is 9.18. The molecule has 2 aromatic carbocycles. The molecule has 0 aromatic heterocycles. The molecule has 5 nitrogen and oxygen atoms in total. The van der Waals surface area contributed by atoms with Gasteiger partial charge in [0.1, 0.15) is 18.1 Å². The van der Waals surface area contributed by atoms with Gasteiger partial charge >= 0.3 is 0 Å². The smallest absolute Gasteiger partial charge is 0.252 e. The highest BCUT2D eigenvalue weighted by Crippen LogP contribution is 2.26. The average molecular weight is 305 g/mol. The summed E-state index contributed by atoms with van der Waals surface area (Å²) in [6.45, 7) is 0.0777. The topological polar surface area (TPSA) is 70.8 Å². The fraction of sp³-hybridized carbons (Fsp3) is 0.188. The van der Waals surface area contributed by atoms with Crippen LogP contribution in [0.4, 0.5) is 4.39 Å². The standard InChI is InChI=1S/C16H16FNO4/c1-20-11-4-5-12(16(18)19)15(8-11)22-9-10-3-6-14(21-2)13(17)7-10/h3-8H,9H2,1-2H3,(H2,18,19). The van der Waals surface area contributed by atoms with Gasteiger partial charge in [-0.15, -0.1) is 0 Å². The second-order valence-corrected chi connectivity index (χ2v) is 4.48. The van der Waals surface area contributed by atoms with Gasteiger partial charge in [0.15, 0.2) is 11.6 Å². The molecule has 0 aliphatic carbocycles. The van der Waals surface area contributed by atoms with Crippen molar-refractivity contribution in [3.63, 3.8) is 0 Å². The van der Waals surface area contributed by atoms with Gasteiger partial charge in [-0.3, -0.25) is 4.79 Å². The lowest BCUT2D eigenvalue weighted by molar-refractivity contribution is 0.0996. The number of primary amides is 1. The number of hydrogen-bond donors (Lipinski definition) is 1. The normalized spacial score (nSPS) is 10.1. The molecule has 6 heteroatoms. The molecular weight excluding hydrogens is 289 g/mol. The van der Waals surface area contributed by atoms with Crippen molar-refractivity contribution in [2.24, 2.45) is 5.73 Å². The largest absolute Gasteiger partial charge is 0.497 e. The summed E-state index contributed by atoms with van der Waals surface area (Å²) < 4.78 is 29.1. The molecule has 1 amide bonds. The van der Waals surface area contributed by atoms with Gasteiger partial charge in [-0.1, -0.05) is 6.07 Å². The molecule has 0 spiro atoms. The van der Waals surface area contributed by atoms with E-state index in [0.717, 1.165) is 0 Å². The van der Waals surface area contributed by atoms with Crippen LogP contribution in [0.15, 0.2) is 36.4 Å². The van der Waals surface area contributed by atoms with Crippen LogP contribution in [-0.4, -0.2) is 20.1 Å². The molecule has 0 saturated heterocycles. The Balaban J connectivity index is 2.20. The highest BCUT2D eigenvalue weighted by atomic mass is 19.1. The first kappa shape index (κ1) is 15.6. The van der Waals surface area contributed by atoms with E-state index >= 15 is 0 Å². The fourth-order valence-electron chi connectivity index (χ4n) is 1.91. The molecule has 0 bridgehead atoms. The van der Waals surface area contributed by atoms with Crippen LogP contribution in [0.2, 0.25) is 0 Å². The third-order valence-electron chi connectivity index (χ3n) is 3.06.